The molecule has 2 saturated heterocycles. The Morgan fingerprint density at radius 3 is 2.41 bits per heavy atom. The summed E-state index contributed by atoms with van der Waals surface area (Å²) in [5.41, 5.74) is -0.796. The molecule has 10 nitrogen and oxygen atoms in total. The Bertz CT molecular complexity index is 756. The van der Waals surface area contributed by atoms with Crippen LogP contribution >= 0.6 is 0 Å². The second kappa shape index (κ2) is 10.3. The van der Waals surface area contributed by atoms with Gasteiger partial charge in [-0.15, -0.1) is 0 Å². The molecule has 1 saturated carbocycles. The van der Waals surface area contributed by atoms with Crippen molar-refractivity contribution in [3.63, 3.8) is 0 Å². The molecule has 3 aliphatic rings. The monoisotopic (exact) mass is 450 g/mol. The first-order valence-corrected chi connectivity index (χ1v) is 11.6. The number of nitrogens with zero attached hydrogens (tertiary/aromatic N) is 3. The molecular weight excluding hydrogens is 416 g/mol. The summed E-state index contributed by atoms with van der Waals surface area (Å²) >= 11 is 0. The van der Waals surface area contributed by atoms with Crippen LogP contribution in [0.3, 0.4) is 0 Å². The van der Waals surface area contributed by atoms with Gasteiger partial charge in [-0.25, -0.2) is 4.79 Å². The van der Waals surface area contributed by atoms with Gasteiger partial charge in [-0.1, -0.05) is 19.3 Å². The van der Waals surface area contributed by atoms with E-state index >= 15 is 0 Å². The number of imide groups is 1. The number of esters is 1. The molecule has 2 aliphatic heterocycles. The average Bonchev–Trinajstić information content (AvgIpc) is 3.01. The molecule has 0 radical (unpaired) electrons. The highest BCUT2D eigenvalue weighted by molar-refractivity contribution is 6.07. The molecule has 0 aromatic heterocycles. The predicted molar refractivity (Wildman–Crippen MR) is 114 cm³/mol. The molecule has 3 fully saturated rings. The van der Waals surface area contributed by atoms with E-state index < -0.39 is 11.6 Å². The normalized spacial score (nSPS) is 20.9. The van der Waals surface area contributed by atoms with Crippen molar-refractivity contribution in [3.8, 4) is 0 Å². The molecule has 178 valence electrons. The van der Waals surface area contributed by atoms with Crippen molar-refractivity contribution in [3.05, 3.63) is 0 Å². The molecule has 1 aliphatic carbocycles. The van der Waals surface area contributed by atoms with Crippen molar-refractivity contribution in [2.75, 3.05) is 39.8 Å². The second-order valence-corrected chi connectivity index (χ2v) is 8.94. The number of likely N-dealkylation sites (N-methyl/N-ethyl adjacent to an activating group) is 1. The van der Waals surface area contributed by atoms with Crippen LogP contribution in [0.5, 0.6) is 0 Å². The van der Waals surface area contributed by atoms with Gasteiger partial charge in [0.25, 0.3) is 5.91 Å². The number of hydrogen-bond acceptors (Lipinski definition) is 6. The lowest BCUT2D eigenvalue weighted by atomic mass is 9.82. The molecule has 0 bridgehead atoms. The van der Waals surface area contributed by atoms with Gasteiger partial charge in [0.05, 0.1) is 19.1 Å². The third-order valence-corrected chi connectivity index (χ3v) is 6.77. The van der Waals surface area contributed by atoms with E-state index in [9.17, 15) is 24.0 Å². The second-order valence-electron chi connectivity index (χ2n) is 8.94. The fraction of sp³-hybridized carbons (Fsp3) is 0.773. The Hall–Kier alpha value is -2.65. The van der Waals surface area contributed by atoms with Crippen molar-refractivity contribution < 1.29 is 28.7 Å². The summed E-state index contributed by atoms with van der Waals surface area (Å²) in [4.78, 5) is 66.2. The fourth-order valence-electron chi connectivity index (χ4n) is 4.79. The summed E-state index contributed by atoms with van der Waals surface area (Å²) in [6.45, 7) is 2.95. The number of piperidine rings is 1. The Kier molecular flexibility index (Phi) is 7.73. The highest BCUT2D eigenvalue weighted by Gasteiger charge is 2.51. The van der Waals surface area contributed by atoms with E-state index in [1.54, 1.807) is 18.9 Å². The number of carbonyl (C=O) groups is 5. The van der Waals surface area contributed by atoms with Gasteiger partial charge in [0, 0.05) is 33.1 Å². The molecule has 32 heavy (non-hydrogen) atoms. The number of hydrogen-bond donors (Lipinski definition) is 1. The third kappa shape index (κ3) is 5.21. The van der Waals surface area contributed by atoms with Crippen LogP contribution < -0.4 is 5.32 Å². The van der Waals surface area contributed by atoms with Crippen LogP contribution in [0.15, 0.2) is 0 Å². The Morgan fingerprint density at radius 2 is 1.78 bits per heavy atom. The molecule has 0 aromatic rings. The van der Waals surface area contributed by atoms with Crippen LogP contribution in [0, 0.1) is 5.92 Å². The maximum absolute atomic E-state index is 12.8. The molecule has 0 unspecified atom stereocenters. The minimum atomic E-state index is -0.796. The lowest BCUT2D eigenvalue weighted by molar-refractivity contribution is -0.151. The Labute approximate surface area is 188 Å². The van der Waals surface area contributed by atoms with Crippen LogP contribution in [-0.4, -0.2) is 89.8 Å². The van der Waals surface area contributed by atoms with Gasteiger partial charge >= 0.3 is 12.0 Å². The summed E-state index contributed by atoms with van der Waals surface area (Å²) in [6, 6.07) is -0.437. The zero-order valence-electron chi connectivity index (χ0n) is 19.1. The minimum absolute atomic E-state index is 0.00865. The van der Waals surface area contributed by atoms with Crippen LogP contribution in [0.2, 0.25) is 0 Å². The smallest absolute Gasteiger partial charge is 0.325 e. The van der Waals surface area contributed by atoms with Gasteiger partial charge in [-0.05, 0) is 32.6 Å². The molecule has 1 N–H and O–H groups in total. The number of ether oxygens (including phenoxy) is 1. The van der Waals surface area contributed by atoms with Gasteiger partial charge < -0.3 is 19.9 Å². The van der Waals surface area contributed by atoms with Gasteiger partial charge in [-0.3, -0.25) is 24.1 Å². The molecule has 2 heterocycles. The van der Waals surface area contributed by atoms with Gasteiger partial charge in [0.15, 0.2) is 0 Å². The number of urea groups is 1. The van der Waals surface area contributed by atoms with E-state index in [0.29, 0.717) is 45.4 Å². The number of amides is 5. The maximum Gasteiger partial charge on any atom is 0.325 e. The van der Waals surface area contributed by atoms with E-state index in [2.05, 4.69) is 5.32 Å². The first kappa shape index (κ1) is 24.0. The minimum Gasteiger partial charge on any atom is -0.466 e. The van der Waals surface area contributed by atoms with Crippen LogP contribution in [0.25, 0.3) is 0 Å². The largest absolute Gasteiger partial charge is 0.466 e. The van der Waals surface area contributed by atoms with Crippen molar-refractivity contribution >= 4 is 29.7 Å². The molecule has 5 amide bonds. The van der Waals surface area contributed by atoms with Crippen LogP contribution in [0.4, 0.5) is 4.79 Å². The van der Waals surface area contributed by atoms with E-state index in [-0.39, 0.29) is 49.1 Å². The van der Waals surface area contributed by atoms with Crippen molar-refractivity contribution in [1.82, 2.24) is 20.0 Å². The van der Waals surface area contributed by atoms with Crippen LogP contribution in [0.1, 0.15) is 58.3 Å². The number of rotatable bonds is 7. The lowest BCUT2D eigenvalue weighted by Crippen LogP contribution is -2.48. The number of carbonyl (C=O) groups excluding carboxylic acids is 5. The van der Waals surface area contributed by atoms with E-state index in [1.165, 1.54) is 4.90 Å². The molecule has 10 heteroatoms. The van der Waals surface area contributed by atoms with Crippen molar-refractivity contribution in [1.29, 1.82) is 0 Å². The van der Waals surface area contributed by atoms with Gasteiger partial charge in [-0.2, -0.15) is 0 Å². The third-order valence-electron chi connectivity index (χ3n) is 6.77. The first-order valence-electron chi connectivity index (χ1n) is 11.6. The fourth-order valence-corrected chi connectivity index (χ4v) is 4.79. The topological polar surface area (TPSA) is 116 Å². The van der Waals surface area contributed by atoms with E-state index in [4.69, 9.17) is 4.74 Å². The predicted octanol–water partition coefficient (Wildman–Crippen LogP) is 0.891. The zero-order valence-corrected chi connectivity index (χ0v) is 19.1. The summed E-state index contributed by atoms with van der Waals surface area (Å²) in [5.74, 6) is -1.13. The van der Waals surface area contributed by atoms with Crippen LogP contribution in [-0.2, 0) is 23.9 Å². The summed E-state index contributed by atoms with van der Waals surface area (Å²) in [6.07, 6.45) is 5.23. The Balaban J connectivity index is 1.43. The summed E-state index contributed by atoms with van der Waals surface area (Å²) in [5, 5.41) is 2.84. The molecule has 0 atom stereocenters. The summed E-state index contributed by atoms with van der Waals surface area (Å²) < 4.78 is 5.04. The van der Waals surface area contributed by atoms with E-state index in [1.807, 2.05) is 0 Å². The highest BCUT2D eigenvalue weighted by atomic mass is 16.5. The van der Waals surface area contributed by atoms with Gasteiger partial charge in [0.2, 0.25) is 11.8 Å². The van der Waals surface area contributed by atoms with Crippen molar-refractivity contribution in [2.45, 2.75) is 63.8 Å². The standard InChI is InChI=1S/C22H34N4O6/c1-3-32-19(29)16-7-12-25(13-8-16)18(28)15-24(2)17(27)9-14-26-20(30)22(23-21(26)31)10-5-4-6-11-22/h16H,3-15H2,1-2H3,(H,23,31). The molecule has 3 rings (SSSR count). The first-order chi connectivity index (χ1) is 15.3. The summed E-state index contributed by atoms with van der Waals surface area (Å²) in [7, 11) is 1.54. The zero-order chi connectivity index (χ0) is 23.3. The Morgan fingerprint density at radius 1 is 1.12 bits per heavy atom. The molecular formula is C22H34N4O6. The average molecular weight is 451 g/mol. The highest BCUT2D eigenvalue weighted by Crippen LogP contribution is 2.33. The lowest BCUT2D eigenvalue weighted by Gasteiger charge is -2.32. The molecule has 1 spiro atoms. The maximum atomic E-state index is 12.8. The molecule has 0 aromatic carbocycles. The van der Waals surface area contributed by atoms with Crippen molar-refractivity contribution in [2.24, 2.45) is 5.92 Å². The van der Waals surface area contributed by atoms with Gasteiger partial charge in [0.1, 0.15) is 5.54 Å². The number of likely N-dealkylation sites (tertiary alicyclic amines) is 1. The SMILES string of the molecule is CCOC(=O)C1CCN(C(=O)CN(C)C(=O)CCN2C(=O)NC3(CCCCC3)C2=O)CC1. The number of nitrogens with one attached hydrogen (secondary N) is 1. The quantitative estimate of drug-likeness (QED) is 0.455. The van der Waals surface area contributed by atoms with E-state index in [0.717, 1.165) is 24.2 Å².